The van der Waals surface area contributed by atoms with Crippen LogP contribution in [0.25, 0.3) is 5.57 Å². The average molecular weight is 228 g/mol. The Morgan fingerprint density at radius 2 is 1.82 bits per heavy atom. The van der Waals surface area contributed by atoms with E-state index in [4.69, 9.17) is 5.11 Å². The van der Waals surface area contributed by atoms with E-state index in [1.165, 1.54) is 11.1 Å². The van der Waals surface area contributed by atoms with Crippen LogP contribution in [0.5, 0.6) is 0 Å². The lowest BCUT2D eigenvalue weighted by molar-refractivity contribution is 0.295. The third kappa shape index (κ3) is 5.32. The van der Waals surface area contributed by atoms with Gasteiger partial charge in [-0.1, -0.05) is 67.6 Å². The summed E-state index contributed by atoms with van der Waals surface area (Å²) in [5.74, 6) is 0. The van der Waals surface area contributed by atoms with Crippen molar-refractivity contribution in [1.82, 2.24) is 0 Å². The summed E-state index contributed by atoms with van der Waals surface area (Å²) in [6.45, 7) is 2.25. The molecule has 17 heavy (non-hydrogen) atoms. The highest BCUT2D eigenvalue weighted by molar-refractivity contribution is 5.74. The molecule has 0 heterocycles. The Kier molecular flexibility index (Phi) is 6.76. The molecule has 1 aromatic carbocycles. The van der Waals surface area contributed by atoms with Gasteiger partial charge >= 0.3 is 0 Å². The smallest absolute Gasteiger partial charge is 0.0428 e. The Balaban J connectivity index is 0.000000317. The molecule has 1 nitrogen and oxygen atoms in total. The fraction of sp³-hybridized carbons (Fsp3) is 0.250. The molecule has 1 aromatic rings. The Morgan fingerprint density at radius 3 is 2.47 bits per heavy atom. The quantitative estimate of drug-likeness (QED) is 0.812. The molecule has 0 spiro atoms. The Labute approximate surface area is 104 Å². The predicted octanol–water partition coefficient (Wildman–Crippen LogP) is 3.97. The van der Waals surface area contributed by atoms with Gasteiger partial charge in [-0.25, -0.2) is 0 Å². The highest BCUT2D eigenvalue weighted by Crippen LogP contribution is 2.17. The van der Waals surface area contributed by atoms with Crippen molar-refractivity contribution in [2.75, 3.05) is 6.61 Å². The van der Waals surface area contributed by atoms with Crippen molar-refractivity contribution in [2.24, 2.45) is 0 Å². The minimum absolute atomic E-state index is 0.319. The van der Waals surface area contributed by atoms with Gasteiger partial charge in [0.2, 0.25) is 0 Å². The van der Waals surface area contributed by atoms with Gasteiger partial charge in [0.15, 0.2) is 0 Å². The summed E-state index contributed by atoms with van der Waals surface area (Å²) < 4.78 is 0. The van der Waals surface area contributed by atoms with Gasteiger partial charge in [0, 0.05) is 6.61 Å². The van der Waals surface area contributed by atoms with E-state index in [2.05, 4.69) is 54.6 Å². The van der Waals surface area contributed by atoms with Crippen molar-refractivity contribution in [2.45, 2.75) is 19.8 Å². The van der Waals surface area contributed by atoms with Gasteiger partial charge < -0.3 is 5.11 Å². The predicted molar refractivity (Wildman–Crippen MR) is 74.7 cm³/mol. The number of hydrogen-bond acceptors (Lipinski definition) is 1. The molecular formula is C16H20O. The van der Waals surface area contributed by atoms with Crippen LogP contribution >= 0.6 is 0 Å². The van der Waals surface area contributed by atoms with E-state index in [0.717, 1.165) is 12.8 Å². The van der Waals surface area contributed by atoms with Crippen molar-refractivity contribution in [3.63, 3.8) is 0 Å². The number of aliphatic hydroxyl groups is 1. The van der Waals surface area contributed by atoms with Crippen LogP contribution in [0.4, 0.5) is 0 Å². The maximum absolute atomic E-state index is 7.88. The lowest BCUT2D eigenvalue weighted by Gasteiger charge is -2.00. The van der Waals surface area contributed by atoms with Crippen molar-refractivity contribution in [1.29, 1.82) is 0 Å². The second-order valence-electron chi connectivity index (χ2n) is 3.77. The van der Waals surface area contributed by atoms with Crippen LogP contribution < -0.4 is 0 Å². The van der Waals surface area contributed by atoms with Crippen LogP contribution in [0.15, 0.2) is 60.7 Å². The Hall–Kier alpha value is -1.60. The van der Waals surface area contributed by atoms with Crippen LogP contribution in [0.2, 0.25) is 0 Å². The highest BCUT2D eigenvalue weighted by Gasteiger charge is 1.95. The minimum Gasteiger partial charge on any atom is -0.396 e. The second kappa shape index (κ2) is 8.54. The first-order valence-corrected chi connectivity index (χ1v) is 6.08. The molecule has 2 rings (SSSR count). The summed E-state index contributed by atoms with van der Waals surface area (Å²) >= 11 is 0. The maximum atomic E-state index is 7.88. The minimum atomic E-state index is 0.319. The fourth-order valence-electron chi connectivity index (χ4n) is 1.42. The first-order valence-electron chi connectivity index (χ1n) is 6.08. The van der Waals surface area contributed by atoms with Gasteiger partial charge in [-0.15, -0.1) is 0 Å². The SMILES string of the molecule is C1=CCC=C(c2ccccc2)C=C1.CCCO. The topological polar surface area (TPSA) is 20.2 Å². The Morgan fingerprint density at radius 1 is 1.12 bits per heavy atom. The molecule has 0 saturated heterocycles. The van der Waals surface area contributed by atoms with Crippen molar-refractivity contribution < 1.29 is 5.11 Å². The van der Waals surface area contributed by atoms with E-state index in [1.54, 1.807) is 0 Å². The van der Waals surface area contributed by atoms with E-state index >= 15 is 0 Å². The summed E-state index contributed by atoms with van der Waals surface area (Å²) in [4.78, 5) is 0. The number of allylic oxidation sites excluding steroid dienone is 6. The lowest BCUT2D eigenvalue weighted by atomic mass is 10.1. The molecule has 1 aliphatic rings. The molecule has 0 aliphatic heterocycles. The molecule has 0 atom stereocenters. The molecular weight excluding hydrogens is 208 g/mol. The molecule has 1 N–H and O–H groups in total. The molecule has 0 radical (unpaired) electrons. The van der Waals surface area contributed by atoms with E-state index in [0.29, 0.717) is 6.61 Å². The van der Waals surface area contributed by atoms with Crippen LogP contribution in [0.1, 0.15) is 25.3 Å². The molecule has 0 bridgehead atoms. The van der Waals surface area contributed by atoms with Crippen LogP contribution in [0.3, 0.4) is 0 Å². The third-order valence-corrected chi connectivity index (χ3v) is 2.33. The number of aliphatic hydroxyl groups excluding tert-OH is 1. The van der Waals surface area contributed by atoms with Gasteiger partial charge in [-0.05, 0) is 24.0 Å². The van der Waals surface area contributed by atoms with E-state index < -0.39 is 0 Å². The summed E-state index contributed by atoms with van der Waals surface area (Å²) in [7, 11) is 0. The molecule has 1 heteroatoms. The van der Waals surface area contributed by atoms with Crippen LogP contribution in [-0.4, -0.2) is 11.7 Å². The van der Waals surface area contributed by atoms with Gasteiger partial charge in [0.1, 0.15) is 0 Å². The lowest BCUT2D eigenvalue weighted by Crippen LogP contribution is -1.78. The molecule has 0 unspecified atom stereocenters. The van der Waals surface area contributed by atoms with Gasteiger partial charge in [-0.3, -0.25) is 0 Å². The number of benzene rings is 1. The summed E-state index contributed by atoms with van der Waals surface area (Å²) in [6.07, 6.45) is 12.6. The van der Waals surface area contributed by atoms with E-state index in [1.807, 2.05) is 13.0 Å². The zero-order valence-corrected chi connectivity index (χ0v) is 10.3. The molecule has 1 aliphatic carbocycles. The third-order valence-electron chi connectivity index (χ3n) is 2.33. The largest absolute Gasteiger partial charge is 0.396 e. The number of rotatable bonds is 2. The molecule has 90 valence electrons. The van der Waals surface area contributed by atoms with E-state index in [9.17, 15) is 0 Å². The maximum Gasteiger partial charge on any atom is 0.0428 e. The molecule has 0 fully saturated rings. The van der Waals surface area contributed by atoms with Crippen LogP contribution in [-0.2, 0) is 0 Å². The van der Waals surface area contributed by atoms with Gasteiger partial charge in [-0.2, -0.15) is 0 Å². The van der Waals surface area contributed by atoms with Gasteiger partial charge in [0.25, 0.3) is 0 Å². The van der Waals surface area contributed by atoms with Crippen molar-refractivity contribution >= 4 is 5.57 Å². The average Bonchev–Trinajstić information content (AvgIpc) is 2.69. The summed E-state index contributed by atoms with van der Waals surface area (Å²) in [5.41, 5.74) is 2.60. The molecule has 0 aromatic heterocycles. The number of hydrogen-bond donors (Lipinski definition) is 1. The second-order valence-corrected chi connectivity index (χ2v) is 3.77. The summed E-state index contributed by atoms with van der Waals surface area (Å²) in [5, 5.41) is 7.88. The standard InChI is InChI=1S/C13H12.C3H8O/c1-2-5-9-12(8-4-1)13-10-6-3-7-11-13;1-2-3-4/h1-4,6-11H,5H2;4H,2-3H2,1H3. The summed E-state index contributed by atoms with van der Waals surface area (Å²) in [6, 6.07) is 10.5. The van der Waals surface area contributed by atoms with Crippen molar-refractivity contribution in [3.8, 4) is 0 Å². The zero-order chi connectivity index (χ0) is 12.3. The first-order chi connectivity index (χ1) is 8.38. The Bertz CT molecular complexity index is 383. The van der Waals surface area contributed by atoms with Crippen LogP contribution in [0, 0.1) is 0 Å². The monoisotopic (exact) mass is 228 g/mol. The highest BCUT2D eigenvalue weighted by atomic mass is 16.2. The normalized spacial score (nSPS) is 13.4. The van der Waals surface area contributed by atoms with Crippen molar-refractivity contribution in [3.05, 3.63) is 66.3 Å². The first kappa shape index (κ1) is 13.5. The fourth-order valence-corrected chi connectivity index (χ4v) is 1.42. The molecule has 0 amide bonds. The zero-order valence-electron chi connectivity index (χ0n) is 10.3. The molecule has 0 saturated carbocycles. The van der Waals surface area contributed by atoms with E-state index in [-0.39, 0.29) is 0 Å². The van der Waals surface area contributed by atoms with Gasteiger partial charge in [0.05, 0.1) is 0 Å².